The predicted octanol–water partition coefficient (Wildman–Crippen LogP) is 5.64. The molecule has 65 heavy (non-hydrogen) atoms. The molecule has 3 saturated heterocycles. The van der Waals surface area contributed by atoms with E-state index < -0.39 is 36.8 Å². The van der Waals surface area contributed by atoms with Crippen molar-refractivity contribution in [3.63, 3.8) is 0 Å². The highest BCUT2D eigenvalue weighted by Crippen LogP contribution is 2.39. The number of benzene rings is 3. The van der Waals surface area contributed by atoms with Gasteiger partial charge in [-0.25, -0.2) is 4.98 Å². The number of hydrogen-bond acceptors (Lipinski definition) is 14. The highest BCUT2D eigenvalue weighted by atomic mass is 35.5. The average molecular weight is 926 g/mol. The number of rotatable bonds is 15. The number of anilines is 5. The zero-order chi connectivity index (χ0) is 45.8. The number of piperazine rings is 1. The first kappa shape index (κ1) is 45.5. The number of piperidine rings is 2. The number of carbonyl (C=O) groups is 5. The molecule has 4 aliphatic rings. The molecule has 4 aromatic rings. The van der Waals surface area contributed by atoms with Gasteiger partial charge in [0.1, 0.15) is 29.7 Å². The summed E-state index contributed by atoms with van der Waals surface area (Å²) in [4.78, 5) is 79.9. The number of nitrogens with one attached hydrogen (secondary N) is 3. The van der Waals surface area contributed by atoms with Crippen LogP contribution in [0.15, 0.2) is 66.9 Å². The number of fused-ring (bicyclic) bond motifs is 1. The fourth-order valence-electron chi connectivity index (χ4n) is 8.88. The number of imide groups is 2. The number of carbonyl (C=O) groups excluding carboxylic acids is 5. The third-order valence-electron chi connectivity index (χ3n) is 12.4. The Bertz CT molecular complexity index is 2540. The van der Waals surface area contributed by atoms with E-state index in [2.05, 4.69) is 41.8 Å². The van der Waals surface area contributed by atoms with E-state index in [4.69, 9.17) is 21.1 Å². The van der Waals surface area contributed by atoms with Crippen molar-refractivity contribution in [1.29, 1.82) is 0 Å². The number of hydrogen-bond donors (Lipinski definition) is 3. The number of aromatic nitrogens is 2. The van der Waals surface area contributed by atoms with Crippen molar-refractivity contribution in [3.8, 4) is 11.5 Å². The highest BCUT2D eigenvalue weighted by Gasteiger charge is 2.44. The Morgan fingerprint density at radius 1 is 0.877 bits per heavy atom. The van der Waals surface area contributed by atoms with Crippen LogP contribution in [0.3, 0.4) is 0 Å². The number of amides is 5. The van der Waals surface area contributed by atoms with Gasteiger partial charge in [-0.05, 0) is 87.9 Å². The molecule has 19 heteroatoms. The summed E-state index contributed by atoms with van der Waals surface area (Å²) in [5, 5.41) is 9.73. The van der Waals surface area contributed by atoms with Crippen LogP contribution in [0.25, 0.3) is 0 Å². The van der Waals surface area contributed by atoms with Gasteiger partial charge in [-0.1, -0.05) is 23.7 Å². The first-order chi connectivity index (χ1) is 31.3. The third kappa shape index (κ3) is 10.3. The largest absolute Gasteiger partial charge is 0.494 e. The van der Waals surface area contributed by atoms with Crippen molar-refractivity contribution in [2.24, 2.45) is 0 Å². The average Bonchev–Trinajstić information content (AvgIpc) is 3.54. The van der Waals surface area contributed by atoms with Gasteiger partial charge in [0.25, 0.3) is 11.8 Å². The quantitative estimate of drug-likeness (QED) is 0.0753. The Kier molecular flexibility index (Phi) is 13.7. The van der Waals surface area contributed by atoms with E-state index in [-0.39, 0.29) is 29.9 Å². The van der Waals surface area contributed by atoms with Crippen LogP contribution < -0.4 is 35.6 Å². The molecule has 0 radical (unpaired) electrons. The third-order valence-corrected chi connectivity index (χ3v) is 14.2. The molecule has 0 aliphatic carbocycles. The van der Waals surface area contributed by atoms with Crippen LogP contribution in [-0.4, -0.2) is 133 Å². The molecule has 3 fully saturated rings. The highest BCUT2D eigenvalue weighted by molar-refractivity contribution is 7.70. The smallest absolute Gasteiger partial charge is 0.262 e. The topological polar surface area (TPSA) is 196 Å². The Morgan fingerprint density at radius 2 is 1.63 bits per heavy atom. The predicted molar refractivity (Wildman–Crippen MR) is 248 cm³/mol. The second kappa shape index (κ2) is 19.6. The zero-order valence-corrected chi connectivity index (χ0v) is 38.3. The van der Waals surface area contributed by atoms with Gasteiger partial charge in [-0.15, -0.1) is 0 Å². The van der Waals surface area contributed by atoms with Gasteiger partial charge in [-0.2, -0.15) is 4.98 Å². The fraction of sp³-hybridized carbons (Fsp3) is 0.413. The Labute approximate surface area is 382 Å². The van der Waals surface area contributed by atoms with Crippen LogP contribution in [0.2, 0.25) is 5.02 Å². The first-order valence-electron chi connectivity index (χ1n) is 21.9. The van der Waals surface area contributed by atoms with E-state index in [0.717, 1.165) is 49.6 Å². The molecule has 5 heterocycles. The standard InChI is InChI=1S/C46H53ClN9O8P/c1-63-38-26-30(11-14-35(38)50-46-48-28-34(47)42(52-46)49-36-8-4-5-9-39(36)65(2,3)62)53-19-17-29(18-20-53)54-21-23-55(24-22-54)41(58)10-6-7-25-64-31-12-13-32-33(27-31)45(61)56(44(32)60)37-15-16-40(57)51-43(37)59/h4-5,8-9,11-14,26-29,37H,6-7,10,15-25H2,1-3H3,(H,51,57,59)(H2,48,49,50,52). The molecule has 3 aromatic carbocycles. The van der Waals surface area contributed by atoms with E-state index >= 15 is 0 Å². The first-order valence-corrected chi connectivity index (χ1v) is 24.9. The SMILES string of the molecule is COc1cc(N2CCC(N3CCN(C(=O)CCCCOc4ccc5c(c4)C(=O)N(C4CCC(=O)NC4=O)C5=O)CC3)CC2)ccc1Nc1ncc(Cl)c(Nc2ccccc2P(C)(C)=O)n1. The van der Waals surface area contributed by atoms with Crippen molar-refractivity contribution in [1.82, 2.24) is 30.0 Å². The number of nitrogens with zero attached hydrogens (tertiary/aromatic N) is 6. The summed E-state index contributed by atoms with van der Waals surface area (Å²) < 4.78 is 24.6. The van der Waals surface area contributed by atoms with Crippen molar-refractivity contribution in [3.05, 3.63) is 83.0 Å². The van der Waals surface area contributed by atoms with E-state index in [1.807, 2.05) is 41.3 Å². The Hall–Kier alpha value is -6.03. The maximum absolute atomic E-state index is 13.1. The van der Waals surface area contributed by atoms with Gasteiger partial charge in [-0.3, -0.25) is 39.1 Å². The lowest BCUT2D eigenvalue weighted by molar-refractivity contribution is -0.136. The molecule has 0 spiro atoms. The normalized spacial score (nSPS) is 18.4. The van der Waals surface area contributed by atoms with Gasteiger partial charge >= 0.3 is 0 Å². The molecule has 342 valence electrons. The molecule has 0 saturated carbocycles. The molecule has 0 bridgehead atoms. The molecule has 3 N–H and O–H groups in total. The number of halogens is 1. The summed E-state index contributed by atoms with van der Waals surface area (Å²) >= 11 is 6.48. The van der Waals surface area contributed by atoms with E-state index in [0.29, 0.717) is 90.0 Å². The van der Waals surface area contributed by atoms with Crippen LogP contribution in [0.4, 0.5) is 28.8 Å². The van der Waals surface area contributed by atoms with Crippen molar-refractivity contribution >= 4 is 82.4 Å². The molecule has 4 aliphatic heterocycles. The Balaban J connectivity index is 0.755. The number of para-hydroxylation sites is 1. The molecule has 1 unspecified atom stereocenters. The fourth-order valence-corrected chi connectivity index (χ4v) is 10.2. The van der Waals surface area contributed by atoms with E-state index in [1.165, 1.54) is 18.3 Å². The van der Waals surface area contributed by atoms with Gasteiger partial charge in [0, 0.05) is 75.2 Å². The van der Waals surface area contributed by atoms with E-state index in [9.17, 15) is 28.5 Å². The van der Waals surface area contributed by atoms with Gasteiger partial charge < -0.3 is 34.5 Å². The molecule has 17 nitrogen and oxygen atoms in total. The minimum Gasteiger partial charge on any atom is -0.494 e. The molecular formula is C46H53ClN9O8P. The van der Waals surface area contributed by atoms with Crippen molar-refractivity contribution < 1.29 is 38.0 Å². The minimum absolute atomic E-state index is 0.0562. The molecule has 8 rings (SSSR count). The van der Waals surface area contributed by atoms with Gasteiger partial charge in [0.15, 0.2) is 5.82 Å². The molecule has 1 aromatic heterocycles. The second-order valence-electron chi connectivity index (χ2n) is 17.0. The Morgan fingerprint density at radius 3 is 2.37 bits per heavy atom. The second-order valence-corrected chi connectivity index (χ2v) is 20.6. The maximum atomic E-state index is 13.1. The van der Waals surface area contributed by atoms with Crippen molar-refractivity contribution in [2.75, 3.05) is 81.8 Å². The van der Waals surface area contributed by atoms with Gasteiger partial charge in [0.2, 0.25) is 23.7 Å². The number of ether oxygens (including phenoxy) is 2. The molecular weight excluding hydrogens is 873 g/mol. The van der Waals surface area contributed by atoms with Crippen LogP contribution in [0.5, 0.6) is 11.5 Å². The summed E-state index contributed by atoms with van der Waals surface area (Å²) in [6, 6.07) is 17.5. The lowest BCUT2D eigenvalue weighted by Gasteiger charge is -2.43. The number of unbranched alkanes of at least 4 members (excludes halogenated alkanes) is 1. The number of methoxy groups -OCH3 is 1. The van der Waals surface area contributed by atoms with Crippen LogP contribution >= 0.6 is 18.7 Å². The van der Waals surface area contributed by atoms with Gasteiger partial charge in [0.05, 0.1) is 42.4 Å². The molecule has 1 atom stereocenters. The summed E-state index contributed by atoms with van der Waals surface area (Å²) in [5.41, 5.74) is 2.79. The monoisotopic (exact) mass is 925 g/mol. The lowest BCUT2D eigenvalue weighted by Crippen LogP contribution is -2.54. The summed E-state index contributed by atoms with van der Waals surface area (Å²) in [7, 11) is -0.933. The van der Waals surface area contributed by atoms with Crippen LogP contribution in [0, 0.1) is 0 Å². The van der Waals surface area contributed by atoms with Crippen molar-refractivity contribution in [2.45, 2.75) is 57.0 Å². The summed E-state index contributed by atoms with van der Waals surface area (Å²) in [6.45, 7) is 8.63. The van der Waals surface area contributed by atoms with Crippen LogP contribution in [0.1, 0.15) is 65.7 Å². The minimum atomic E-state index is -2.56. The lowest BCUT2D eigenvalue weighted by atomic mass is 10.0. The summed E-state index contributed by atoms with van der Waals surface area (Å²) in [6.07, 6.45) is 5.38. The van der Waals surface area contributed by atoms with E-state index in [1.54, 1.807) is 26.5 Å². The summed E-state index contributed by atoms with van der Waals surface area (Å²) in [5.74, 6) is -0.311. The van der Waals surface area contributed by atoms with Crippen LogP contribution in [-0.2, 0) is 18.9 Å². The maximum Gasteiger partial charge on any atom is 0.262 e. The zero-order valence-electron chi connectivity index (χ0n) is 36.7. The molecule has 5 amide bonds.